The molecule has 1 unspecified atom stereocenters. The number of aromatic nitrogens is 3. The molecule has 0 bridgehead atoms. The van der Waals surface area contributed by atoms with Gasteiger partial charge >= 0.3 is 0 Å². The van der Waals surface area contributed by atoms with Crippen LogP contribution in [-0.4, -0.2) is 58.4 Å². The Hall–Kier alpha value is -2.61. The Morgan fingerprint density at radius 2 is 1.82 bits per heavy atom. The summed E-state index contributed by atoms with van der Waals surface area (Å²) >= 11 is 0. The Kier molecular flexibility index (Phi) is 6.04. The van der Waals surface area contributed by atoms with Crippen LogP contribution in [0.3, 0.4) is 0 Å². The van der Waals surface area contributed by atoms with Crippen LogP contribution < -0.4 is 5.32 Å². The van der Waals surface area contributed by atoms with Crippen LogP contribution in [-0.2, 0) is 5.60 Å². The molecular formula is C27H35N5O2. The van der Waals surface area contributed by atoms with Crippen molar-refractivity contribution in [2.24, 2.45) is 5.41 Å². The van der Waals surface area contributed by atoms with Crippen molar-refractivity contribution in [3.8, 4) is 11.4 Å². The van der Waals surface area contributed by atoms with E-state index in [4.69, 9.17) is 9.51 Å². The first-order chi connectivity index (χ1) is 16.3. The molecule has 2 aliphatic rings. The molecule has 2 fully saturated rings. The fourth-order valence-corrected chi connectivity index (χ4v) is 5.69. The van der Waals surface area contributed by atoms with Gasteiger partial charge in [-0.3, -0.25) is 4.98 Å². The highest BCUT2D eigenvalue weighted by Crippen LogP contribution is 2.50. The molecular weight excluding hydrogens is 426 g/mol. The van der Waals surface area contributed by atoms with Crippen molar-refractivity contribution in [1.82, 2.24) is 25.3 Å². The van der Waals surface area contributed by atoms with E-state index in [0.29, 0.717) is 23.6 Å². The van der Waals surface area contributed by atoms with Crippen LogP contribution in [0.5, 0.6) is 0 Å². The lowest BCUT2D eigenvalue weighted by atomic mass is 9.62. The second-order valence-corrected chi connectivity index (χ2v) is 10.7. The summed E-state index contributed by atoms with van der Waals surface area (Å²) in [7, 11) is 2.08. The van der Waals surface area contributed by atoms with Crippen molar-refractivity contribution in [1.29, 1.82) is 0 Å². The second kappa shape index (κ2) is 8.87. The Bertz CT molecular complexity index is 1130. The predicted molar refractivity (Wildman–Crippen MR) is 132 cm³/mol. The number of nitrogens with one attached hydrogen (secondary N) is 1. The minimum Gasteiger partial charge on any atom is -0.380 e. The minimum absolute atomic E-state index is 0.291. The summed E-state index contributed by atoms with van der Waals surface area (Å²) in [4.78, 5) is 11.4. The van der Waals surface area contributed by atoms with Crippen LogP contribution in [0.4, 0.5) is 0 Å². The monoisotopic (exact) mass is 461 g/mol. The van der Waals surface area contributed by atoms with Crippen LogP contribution in [0.2, 0.25) is 0 Å². The first-order valence-electron chi connectivity index (χ1n) is 12.3. The number of hydrogen-bond acceptors (Lipinski definition) is 7. The van der Waals surface area contributed by atoms with Crippen LogP contribution in [0, 0.1) is 5.41 Å². The highest BCUT2D eigenvalue weighted by molar-refractivity contribution is 5.56. The topological polar surface area (TPSA) is 87.3 Å². The van der Waals surface area contributed by atoms with Gasteiger partial charge in [-0.2, -0.15) is 4.98 Å². The molecule has 0 amide bonds. The van der Waals surface area contributed by atoms with E-state index >= 15 is 0 Å². The van der Waals surface area contributed by atoms with Gasteiger partial charge in [0.05, 0.1) is 0 Å². The lowest BCUT2D eigenvalue weighted by molar-refractivity contribution is -0.127. The summed E-state index contributed by atoms with van der Waals surface area (Å²) in [6, 6.07) is 10.4. The molecule has 0 saturated carbocycles. The molecule has 2 aromatic heterocycles. The van der Waals surface area contributed by atoms with E-state index in [1.165, 1.54) is 5.56 Å². The zero-order valence-corrected chi connectivity index (χ0v) is 20.6. The van der Waals surface area contributed by atoms with Gasteiger partial charge in [0.2, 0.25) is 11.7 Å². The normalized spacial score (nSPS) is 20.8. The van der Waals surface area contributed by atoms with Crippen LogP contribution >= 0.6 is 0 Å². The van der Waals surface area contributed by atoms with Crippen molar-refractivity contribution in [2.45, 2.75) is 51.0 Å². The van der Waals surface area contributed by atoms with Gasteiger partial charge in [0.1, 0.15) is 5.60 Å². The smallest absolute Gasteiger partial charge is 0.230 e. The summed E-state index contributed by atoms with van der Waals surface area (Å²) in [5.74, 6) is 1.94. The molecule has 7 nitrogen and oxygen atoms in total. The molecule has 3 aromatic rings. The van der Waals surface area contributed by atoms with E-state index < -0.39 is 5.60 Å². The maximum absolute atomic E-state index is 12.4. The molecule has 2 aliphatic heterocycles. The summed E-state index contributed by atoms with van der Waals surface area (Å²) < 4.78 is 5.63. The summed E-state index contributed by atoms with van der Waals surface area (Å²) in [6.45, 7) is 10.0. The summed E-state index contributed by atoms with van der Waals surface area (Å²) in [5, 5.41) is 20.1. The first kappa shape index (κ1) is 23.1. The fraction of sp³-hybridized carbons (Fsp3) is 0.519. The average molecular weight is 462 g/mol. The van der Waals surface area contributed by atoms with Crippen molar-refractivity contribution in [3.63, 3.8) is 0 Å². The molecule has 1 atom stereocenters. The van der Waals surface area contributed by atoms with Gasteiger partial charge in [-0.1, -0.05) is 50.2 Å². The number of aliphatic hydroxyl groups is 1. The van der Waals surface area contributed by atoms with Crippen molar-refractivity contribution in [2.75, 3.05) is 33.2 Å². The van der Waals surface area contributed by atoms with Gasteiger partial charge < -0.3 is 19.8 Å². The number of benzene rings is 1. The molecule has 0 aliphatic carbocycles. The lowest BCUT2D eigenvalue weighted by Crippen LogP contribution is -2.63. The number of hydrogen-bond donors (Lipinski definition) is 2. The largest absolute Gasteiger partial charge is 0.380 e. The third-order valence-corrected chi connectivity index (χ3v) is 7.65. The molecule has 0 spiro atoms. The number of nitrogens with zero attached hydrogens (tertiary/aromatic N) is 4. The molecule has 2 saturated heterocycles. The molecule has 34 heavy (non-hydrogen) atoms. The van der Waals surface area contributed by atoms with Gasteiger partial charge in [-0.15, -0.1) is 0 Å². The summed E-state index contributed by atoms with van der Waals surface area (Å²) in [5.41, 5.74) is 2.11. The highest BCUT2D eigenvalue weighted by atomic mass is 16.5. The lowest BCUT2D eigenvalue weighted by Gasteiger charge is -2.55. The molecule has 4 heterocycles. The maximum atomic E-state index is 12.4. The van der Waals surface area contributed by atoms with E-state index in [2.05, 4.69) is 72.4 Å². The van der Waals surface area contributed by atoms with Crippen LogP contribution in [0.1, 0.15) is 68.0 Å². The van der Waals surface area contributed by atoms with E-state index in [9.17, 15) is 5.11 Å². The average Bonchev–Trinajstić information content (AvgIpc) is 3.34. The van der Waals surface area contributed by atoms with Crippen LogP contribution in [0.15, 0.2) is 47.2 Å². The van der Waals surface area contributed by atoms with Crippen molar-refractivity contribution < 1.29 is 9.63 Å². The Balaban J connectivity index is 1.53. The Labute approximate surface area is 201 Å². The molecule has 5 rings (SSSR count). The number of pyridine rings is 1. The maximum Gasteiger partial charge on any atom is 0.230 e. The van der Waals surface area contributed by atoms with Gasteiger partial charge in [-0.25, -0.2) is 0 Å². The van der Waals surface area contributed by atoms with E-state index in [1.807, 2.05) is 6.07 Å². The summed E-state index contributed by atoms with van der Waals surface area (Å²) in [6.07, 6.45) is 5.52. The minimum atomic E-state index is -1.19. The van der Waals surface area contributed by atoms with Gasteiger partial charge in [0.15, 0.2) is 0 Å². The van der Waals surface area contributed by atoms with E-state index in [1.54, 1.807) is 12.4 Å². The van der Waals surface area contributed by atoms with Crippen molar-refractivity contribution in [3.05, 3.63) is 65.3 Å². The first-order valence-corrected chi connectivity index (χ1v) is 12.3. The van der Waals surface area contributed by atoms with Gasteiger partial charge in [0, 0.05) is 47.9 Å². The second-order valence-electron chi connectivity index (χ2n) is 10.7. The van der Waals surface area contributed by atoms with Crippen LogP contribution in [0.25, 0.3) is 11.4 Å². The standard InChI is InChI=1S/C27H35N5O2/c1-18(2)19-5-7-22(8-6-19)27(33,26(3)16-32(4)17-26)23-13-21(14-29-15-23)24-30-25(34-31-24)20-9-11-28-12-10-20/h5-8,13-15,18,20,28,33H,9-12,16-17H2,1-4H3. The highest BCUT2D eigenvalue weighted by Gasteiger charge is 2.55. The molecule has 180 valence electrons. The predicted octanol–water partition coefficient (Wildman–Crippen LogP) is 3.91. The van der Waals surface area contributed by atoms with E-state index in [0.717, 1.165) is 55.7 Å². The van der Waals surface area contributed by atoms with Gasteiger partial charge in [0.25, 0.3) is 0 Å². The fourth-order valence-electron chi connectivity index (χ4n) is 5.69. The third-order valence-electron chi connectivity index (χ3n) is 7.65. The number of piperidine rings is 1. The number of rotatable bonds is 6. The quantitative estimate of drug-likeness (QED) is 0.575. The van der Waals surface area contributed by atoms with E-state index in [-0.39, 0.29) is 5.41 Å². The third kappa shape index (κ3) is 3.96. The number of likely N-dealkylation sites (tertiary alicyclic amines) is 1. The van der Waals surface area contributed by atoms with Crippen molar-refractivity contribution >= 4 is 0 Å². The molecule has 0 radical (unpaired) electrons. The van der Waals surface area contributed by atoms with Gasteiger partial charge in [-0.05, 0) is 56.1 Å². The zero-order valence-electron chi connectivity index (χ0n) is 20.6. The molecule has 7 heteroatoms. The molecule has 1 aromatic carbocycles. The molecule has 2 N–H and O–H groups in total. The Morgan fingerprint density at radius 1 is 1.12 bits per heavy atom. The zero-order chi connectivity index (χ0) is 23.9. The Morgan fingerprint density at radius 3 is 2.47 bits per heavy atom. The SMILES string of the molecule is CC(C)c1ccc(C(O)(c2cncc(-c3noc(C4CCNCC4)n3)c2)C2(C)CN(C)C2)cc1.